The number of nitrogens with one attached hydrogen (secondary N) is 1. The van der Waals surface area contributed by atoms with E-state index in [4.69, 9.17) is 0 Å². The molecule has 0 aliphatic heterocycles. The van der Waals surface area contributed by atoms with Gasteiger partial charge in [-0.1, -0.05) is 0 Å². The molecule has 2 heterocycles. The van der Waals surface area contributed by atoms with E-state index in [0.717, 1.165) is 0 Å². The molecule has 0 aliphatic rings. The Morgan fingerprint density at radius 2 is 1.83 bits per heavy atom. The highest BCUT2D eigenvalue weighted by Gasteiger charge is 2.16. The van der Waals surface area contributed by atoms with Crippen molar-refractivity contribution < 1.29 is 0 Å². The second kappa shape index (κ2) is 5.55. The number of aryl methyl sites for hydroxylation is 3. The van der Waals surface area contributed by atoms with Crippen molar-refractivity contribution in [1.82, 2.24) is 5.32 Å². The van der Waals surface area contributed by atoms with Crippen molar-refractivity contribution in [1.29, 1.82) is 0 Å². The summed E-state index contributed by atoms with van der Waals surface area (Å²) >= 11 is 3.73. The second-order valence-corrected chi connectivity index (χ2v) is 7.35. The van der Waals surface area contributed by atoms with Crippen LogP contribution < -0.4 is 5.32 Å². The SMILES string of the molecule is Cc1cc(C(C)NC(C)c2sccc2C)c(C)s1. The van der Waals surface area contributed by atoms with Crippen LogP contribution in [0.15, 0.2) is 17.5 Å². The van der Waals surface area contributed by atoms with Gasteiger partial charge >= 0.3 is 0 Å². The van der Waals surface area contributed by atoms with Gasteiger partial charge in [0.1, 0.15) is 0 Å². The standard InChI is InChI=1S/C15H21NS2/c1-9-6-7-17-15(9)12(4)16-11(3)14-8-10(2)18-13(14)5/h6-8,11-12,16H,1-5H3. The molecule has 2 rings (SSSR count). The van der Waals surface area contributed by atoms with Crippen LogP contribution in [-0.2, 0) is 0 Å². The van der Waals surface area contributed by atoms with Crippen molar-refractivity contribution in [2.75, 3.05) is 0 Å². The maximum atomic E-state index is 3.71. The van der Waals surface area contributed by atoms with E-state index in [1.807, 2.05) is 22.7 Å². The molecule has 98 valence electrons. The van der Waals surface area contributed by atoms with E-state index >= 15 is 0 Å². The lowest BCUT2D eigenvalue weighted by Gasteiger charge is -2.20. The summed E-state index contributed by atoms with van der Waals surface area (Å²) in [7, 11) is 0. The van der Waals surface area contributed by atoms with Crippen LogP contribution in [0.3, 0.4) is 0 Å². The number of hydrogen-bond donors (Lipinski definition) is 1. The van der Waals surface area contributed by atoms with Gasteiger partial charge in [0.05, 0.1) is 0 Å². The van der Waals surface area contributed by atoms with E-state index in [1.165, 1.54) is 25.8 Å². The number of hydrogen-bond acceptors (Lipinski definition) is 3. The fourth-order valence-corrected chi connectivity index (χ4v) is 4.42. The van der Waals surface area contributed by atoms with Crippen LogP contribution in [0.25, 0.3) is 0 Å². The summed E-state index contributed by atoms with van der Waals surface area (Å²) < 4.78 is 0. The highest BCUT2D eigenvalue weighted by molar-refractivity contribution is 7.12. The van der Waals surface area contributed by atoms with Gasteiger partial charge in [0, 0.05) is 26.7 Å². The highest BCUT2D eigenvalue weighted by Crippen LogP contribution is 2.30. The lowest BCUT2D eigenvalue weighted by atomic mass is 10.1. The predicted molar refractivity (Wildman–Crippen MR) is 82.8 cm³/mol. The summed E-state index contributed by atoms with van der Waals surface area (Å²) in [5.74, 6) is 0. The van der Waals surface area contributed by atoms with Crippen LogP contribution in [0, 0.1) is 20.8 Å². The van der Waals surface area contributed by atoms with E-state index in [-0.39, 0.29) is 0 Å². The first-order chi connectivity index (χ1) is 8.49. The summed E-state index contributed by atoms with van der Waals surface area (Å²) in [6, 6.07) is 5.33. The molecule has 0 fully saturated rings. The zero-order chi connectivity index (χ0) is 13.3. The zero-order valence-corrected chi connectivity index (χ0v) is 13.3. The first kappa shape index (κ1) is 13.8. The first-order valence-corrected chi connectivity index (χ1v) is 8.05. The van der Waals surface area contributed by atoms with Crippen LogP contribution in [-0.4, -0.2) is 0 Å². The molecule has 2 unspecified atom stereocenters. The maximum absolute atomic E-state index is 3.71. The molecule has 0 aliphatic carbocycles. The fourth-order valence-electron chi connectivity index (χ4n) is 2.45. The van der Waals surface area contributed by atoms with Crippen LogP contribution in [0.5, 0.6) is 0 Å². The van der Waals surface area contributed by atoms with Crippen LogP contribution in [0.1, 0.15) is 51.7 Å². The molecule has 18 heavy (non-hydrogen) atoms. The van der Waals surface area contributed by atoms with Gasteiger partial charge in [-0.15, -0.1) is 22.7 Å². The lowest BCUT2D eigenvalue weighted by molar-refractivity contribution is 0.498. The molecule has 1 nitrogen and oxygen atoms in total. The van der Waals surface area contributed by atoms with Gasteiger partial charge in [-0.25, -0.2) is 0 Å². The van der Waals surface area contributed by atoms with Gasteiger partial charge in [0.2, 0.25) is 0 Å². The minimum absolute atomic E-state index is 0.409. The summed E-state index contributed by atoms with van der Waals surface area (Å²) in [5.41, 5.74) is 2.84. The van der Waals surface area contributed by atoms with Crippen LogP contribution >= 0.6 is 22.7 Å². The zero-order valence-electron chi connectivity index (χ0n) is 11.7. The Hall–Kier alpha value is -0.640. The van der Waals surface area contributed by atoms with E-state index in [1.54, 1.807) is 0 Å². The fraction of sp³-hybridized carbons (Fsp3) is 0.467. The average molecular weight is 279 g/mol. The molecule has 0 amide bonds. The molecule has 0 saturated carbocycles. The molecule has 0 spiro atoms. The summed E-state index contributed by atoms with van der Waals surface area (Å²) in [4.78, 5) is 4.28. The molecule has 0 aromatic carbocycles. The van der Waals surface area contributed by atoms with Gasteiger partial charge in [0.25, 0.3) is 0 Å². The van der Waals surface area contributed by atoms with Gasteiger partial charge < -0.3 is 5.32 Å². The third-order valence-electron chi connectivity index (χ3n) is 3.34. The Balaban J connectivity index is 2.10. The van der Waals surface area contributed by atoms with Crippen molar-refractivity contribution in [2.24, 2.45) is 0 Å². The molecule has 3 heteroatoms. The summed E-state index contributed by atoms with van der Waals surface area (Å²) in [5, 5.41) is 5.88. The summed E-state index contributed by atoms with van der Waals surface area (Å²) in [6.45, 7) is 11.1. The van der Waals surface area contributed by atoms with E-state index < -0.39 is 0 Å². The quantitative estimate of drug-likeness (QED) is 0.816. The van der Waals surface area contributed by atoms with Gasteiger partial charge in [-0.2, -0.15) is 0 Å². The molecule has 0 saturated heterocycles. The topological polar surface area (TPSA) is 12.0 Å². The Morgan fingerprint density at radius 3 is 2.33 bits per heavy atom. The van der Waals surface area contributed by atoms with E-state index in [2.05, 4.69) is 57.4 Å². The normalized spacial score (nSPS) is 14.7. The van der Waals surface area contributed by atoms with Crippen molar-refractivity contribution in [3.8, 4) is 0 Å². The Bertz CT molecular complexity index is 524. The van der Waals surface area contributed by atoms with Gasteiger partial charge in [0.15, 0.2) is 0 Å². The smallest absolute Gasteiger partial charge is 0.0393 e. The molecule has 0 bridgehead atoms. The highest BCUT2D eigenvalue weighted by atomic mass is 32.1. The minimum atomic E-state index is 0.409. The monoisotopic (exact) mass is 279 g/mol. The third kappa shape index (κ3) is 2.85. The number of thiophene rings is 2. The van der Waals surface area contributed by atoms with Crippen molar-refractivity contribution >= 4 is 22.7 Å². The van der Waals surface area contributed by atoms with Crippen molar-refractivity contribution in [3.63, 3.8) is 0 Å². The van der Waals surface area contributed by atoms with E-state index in [9.17, 15) is 0 Å². The predicted octanol–water partition coefficient (Wildman–Crippen LogP) is 5.15. The van der Waals surface area contributed by atoms with E-state index in [0.29, 0.717) is 12.1 Å². The average Bonchev–Trinajstić information content (AvgIpc) is 2.84. The Kier molecular flexibility index (Phi) is 4.25. The van der Waals surface area contributed by atoms with Gasteiger partial charge in [-0.05, 0) is 63.3 Å². The Morgan fingerprint density at radius 1 is 1.11 bits per heavy atom. The van der Waals surface area contributed by atoms with Crippen molar-refractivity contribution in [3.05, 3.63) is 43.3 Å². The molecular formula is C15H21NS2. The summed E-state index contributed by atoms with van der Waals surface area (Å²) in [6.07, 6.45) is 0. The van der Waals surface area contributed by atoms with Gasteiger partial charge in [-0.3, -0.25) is 0 Å². The second-order valence-electron chi connectivity index (χ2n) is 4.95. The molecular weight excluding hydrogens is 258 g/mol. The third-order valence-corrected chi connectivity index (χ3v) is 5.52. The lowest BCUT2D eigenvalue weighted by Crippen LogP contribution is -2.22. The molecule has 1 N–H and O–H groups in total. The maximum Gasteiger partial charge on any atom is 0.0393 e. The molecule has 2 aromatic rings. The molecule has 2 aromatic heterocycles. The Labute approximate surface area is 118 Å². The van der Waals surface area contributed by atoms with Crippen LogP contribution in [0.4, 0.5) is 0 Å². The molecule has 2 atom stereocenters. The molecule has 0 radical (unpaired) electrons. The minimum Gasteiger partial charge on any atom is -0.303 e. The van der Waals surface area contributed by atoms with Crippen molar-refractivity contribution in [2.45, 2.75) is 46.7 Å². The largest absolute Gasteiger partial charge is 0.303 e. The van der Waals surface area contributed by atoms with Crippen LogP contribution in [0.2, 0.25) is 0 Å². The number of rotatable bonds is 4. The first-order valence-electron chi connectivity index (χ1n) is 6.36.